The molecule has 22 heavy (non-hydrogen) atoms. The van der Waals surface area contributed by atoms with Crippen LogP contribution in [0.1, 0.15) is 0 Å². The highest BCUT2D eigenvalue weighted by atomic mass is 16.5. The molecule has 2 aromatic rings. The van der Waals surface area contributed by atoms with Gasteiger partial charge in [0.15, 0.2) is 0 Å². The van der Waals surface area contributed by atoms with Crippen molar-refractivity contribution in [1.29, 1.82) is 0 Å². The zero-order valence-electron chi connectivity index (χ0n) is 12.7. The van der Waals surface area contributed by atoms with E-state index in [1.807, 2.05) is 30.1 Å². The Labute approximate surface area is 129 Å². The number of nitrogen functional groups attached to an aromatic ring is 1. The summed E-state index contributed by atoms with van der Waals surface area (Å²) in [4.78, 5) is 12.9. The Hall–Kier alpha value is -2.35. The molecule has 0 saturated carbocycles. The van der Waals surface area contributed by atoms with Crippen molar-refractivity contribution in [3.05, 3.63) is 24.5 Å². The van der Waals surface area contributed by atoms with Crippen LogP contribution < -0.4 is 15.5 Å². The first-order chi connectivity index (χ1) is 10.7. The van der Waals surface area contributed by atoms with E-state index in [-0.39, 0.29) is 0 Å². The number of hydrogen-bond donors (Lipinski definition) is 1. The van der Waals surface area contributed by atoms with E-state index in [9.17, 15) is 0 Å². The normalized spacial score (nSPS) is 15.0. The minimum atomic E-state index is 0.296. The van der Waals surface area contributed by atoms with E-state index in [4.69, 9.17) is 10.5 Å². The molecule has 0 bridgehead atoms. The summed E-state index contributed by atoms with van der Waals surface area (Å²) in [6, 6.07) is 3.89. The van der Waals surface area contributed by atoms with E-state index in [1.165, 1.54) is 0 Å². The molecule has 2 N–H and O–H groups in total. The molecule has 0 aliphatic carbocycles. The van der Waals surface area contributed by atoms with Gasteiger partial charge in [0, 0.05) is 45.1 Å². The molecule has 0 spiro atoms. The Kier molecular flexibility index (Phi) is 4.38. The first kappa shape index (κ1) is 14.6. The molecule has 0 radical (unpaired) electrons. The van der Waals surface area contributed by atoms with E-state index >= 15 is 0 Å². The predicted octanol–water partition coefficient (Wildman–Crippen LogP) is 0.228. The summed E-state index contributed by atoms with van der Waals surface area (Å²) in [5, 5.41) is 4.20. The third kappa shape index (κ3) is 3.45. The maximum atomic E-state index is 5.87. The van der Waals surface area contributed by atoms with Gasteiger partial charge < -0.3 is 20.3 Å². The van der Waals surface area contributed by atoms with Crippen molar-refractivity contribution in [2.45, 2.75) is 6.54 Å². The Balaban J connectivity index is 1.70. The van der Waals surface area contributed by atoms with E-state index < -0.39 is 0 Å². The number of nitrogens with two attached hydrogens (primary N) is 1. The van der Waals surface area contributed by atoms with E-state index in [2.05, 4.69) is 24.9 Å². The van der Waals surface area contributed by atoms with Gasteiger partial charge in [-0.3, -0.25) is 4.68 Å². The van der Waals surface area contributed by atoms with Gasteiger partial charge in [-0.2, -0.15) is 15.1 Å². The molecule has 3 rings (SSSR count). The van der Waals surface area contributed by atoms with Gasteiger partial charge in [0.2, 0.25) is 5.95 Å². The maximum absolute atomic E-state index is 5.87. The van der Waals surface area contributed by atoms with Gasteiger partial charge >= 0.3 is 0 Å². The zero-order chi connectivity index (χ0) is 15.4. The number of aromatic nitrogens is 4. The number of rotatable bonds is 5. The molecule has 0 amide bonds. The monoisotopic (exact) mass is 303 g/mol. The first-order valence-electron chi connectivity index (χ1n) is 7.38. The Morgan fingerprint density at radius 2 is 2.14 bits per heavy atom. The number of hydrogen-bond acceptors (Lipinski definition) is 7. The molecule has 1 saturated heterocycles. The zero-order valence-corrected chi connectivity index (χ0v) is 12.7. The quantitative estimate of drug-likeness (QED) is 0.846. The molecule has 0 unspecified atom stereocenters. The lowest BCUT2D eigenvalue weighted by atomic mass is 10.3. The van der Waals surface area contributed by atoms with Gasteiger partial charge in [-0.1, -0.05) is 0 Å². The van der Waals surface area contributed by atoms with Crippen LogP contribution >= 0.6 is 0 Å². The van der Waals surface area contributed by atoms with E-state index in [1.54, 1.807) is 6.20 Å². The molecule has 2 aromatic heterocycles. The van der Waals surface area contributed by atoms with Crippen molar-refractivity contribution in [3.63, 3.8) is 0 Å². The minimum Gasteiger partial charge on any atom is -0.378 e. The van der Waals surface area contributed by atoms with Crippen molar-refractivity contribution in [1.82, 2.24) is 19.7 Å². The van der Waals surface area contributed by atoms with Crippen molar-refractivity contribution < 1.29 is 4.74 Å². The third-order valence-corrected chi connectivity index (χ3v) is 3.67. The van der Waals surface area contributed by atoms with E-state index in [0.29, 0.717) is 19.2 Å². The molecule has 0 atom stereocenters. The van der Waals surface area contributed by atoms with Crippen LogP contribution in [-0.4, -0.2) is 59.6 Å². The first-order valence-corrected chi connectivity index (χ1v) is 7.38. The Morgan fingerprint density at radius 3 is 2.86 bits per heavy atom. The van der Waals surface area contributed by atoms with Crippen LogP contribution in [0, 0.1) is 0 Å². The maximum Gasteiger partial charge on any atom is 0.223 e. The van der Waals surface area contributed by atoms with Gasteiger partial charge in [0.25, 0.3) is 0 Å². The Bertz CT molecular complexity index is 595. The number of morpholine rings is 1. The smallest absolute Gasteiger partial charge is 0.223 e. The van der Waals surface area contributed by atoms with Crippen LogP contribution in [0.4, 0.5) is 17.6 Å². The van der Waals surface area contributed by atoms with Crippen LogP contribution in [0.15, 0.2) is 24.5 Å². The lowest BCUT2D eigenvalue weighted by Crippen LogP contribution is -2.37. The average Bonchev–Trinajstić information content (AvgIpc) is 3.06. The highest BCUT2D eigenvalue weighted by Crippen LogP contribution is 2.20. The molecule has 0 aromatic carbocycles. The SMILES string of the molecule is CN(CCn1cccn1)c1cc(N2CCOCC2)nc(N)n1. The highest BCUT2D eigenvalue weighted by Gasteiger charge is 2.15. The predicted molar refractivity (Wildman–Crippen MR) is 85.0 cm³/mol. The number of nitrogens with zero attached hydrogens (tertiary/aromatic N) is 6. The minimum absolute atomic E-state index is 0.296. The van der Waals surface area contributed by atoms with Gasteiger partial charge in [0.05, 0.1) is 19.8 Å². The van der Waals surface area contributed by atoms with Crippen molar-refractivity contribution >= 4 is 17.6 Å². The van der Waals surface area contributed by atoms with Gasteiger partial charge in [-0.05, 0) is 6.07 Å². The number of anilines is 3. The second-order valence-corrected chi connectivity index (χ2v) is 5.23. The largest absolute Gasteiger partial charge is 0.378 e. The Morgan fingerprint density at radius 1 is 1.32 bits per heavy atom. The standard InChI is InChI=1S/C14H21N7O/c1-19(5-6-21-4-2-3-16-21)12-11-13(18-14(15)17-12)20-7-9-22-10-8-20/h2-4,11H,5-10H2,1H3,(H2,15,17,18). The summed E-state index contributed by atoms with van der Waals surface area (Å²) < 4.78 is 7.27. The van der Waals surface area contributed by atoms with Crippen molar-refractivity contribution in [3.8, 4) is 0 Å². The fraction of sp³-hybridized carbons (Fsp3) is 0.500. The van der Waals surface area contributed by atoms with Crippen LogP contribution in [0.2, 0.25) is 0 Å². The lowest BCUT2D eigenvalue weighted by Gasteiger charge is -2.28. The van der Waals surface area contributed by atoms with Crippen LogP contribution in [-0.2, 0) is 11.3 Å². The molecule has 1 aliphatic rings. The van der Waals surface area contributed by atoms with E-state index in [0.717, 1.165) is 37.8 Å². The fourth-order valence-electron chi connectivity index (χ4n) is 2.39. The summed E-state index contributed by atoms with van der Waals surface area (Å²) in [5.74, 6) is 1.97. The molecular weight excluding hydrogens is 282 g/mol. The van der Waals surface area contributed by atoms with Crippen LogP contribution in [0.25, 0.3) is 0 Å². The molecule has 8 heteroatoms. The van der Waals surface area contributed by atoms with Gasteiger partial charge in [0.1, 0.15) is 11.6 Å². The molecule has 1 aliphatic heterocycles. The summed E-state index contributed by atoms with van der Waals surface area (Å²) in [6.07, 6.45) is 3.72. The number of ether oxygens (including phenoxy) is 1. The molecular formula is C14H21N7O. The summed E-state index contributed by atoms with van der Waals surface area (Å²) >= 11 is 0. The molecule has 118 valence electrons. The van der Waals surface area contributed by atoms with Crippen LogP contribution in [0.3, 0.4) is 0 Å². The topological polar surface area (TPSA) is 85.3 Å². The second kappa shape index (κ2) is 6.61. The summed E-state index contributed by atoms with van der Waals surface area (Å²) in [7, 11) is 1.99. The lowest BCUT2D eigenvalue weighted by molar-refractivity contribution is 0.122. The highest BCUT2D eigenvalue weighted by molar-refractivity contribution is 5.53. The van der Waals surface area contributed by atoms with Gasteiger partial charge in [-0.15, -0.1) is 0 Å². The molecule has 3 heterocycles. The summed E-state index contributed by atoms with van der Waals surface area (Å²) in [5.41, 5.74) is 5.87. The summed E-state index contributed by atoms with van der Waals surface area (Å²) in [6.45, 7) is 4.67. The van der Waals surface area contributed by atoms with Crippen molar-refractivity contribution in [2.24, 2.45) is 0 Å². The van der Waals surface area contributed by atoms with Crippen LogP contribution in [0.5, 0.6) is 0 Å². The average molecular weight is 303 g/mol. The second-order valence-electron chi connectivity index (χ2n) is 5.23. The van der Waals surface area contributed by atoms with Gasteiger partial charge in [-0.25, -0.2) is 0 Å². The fourth-order valence-corrected chi connectivity index (χ4v) is 2.39. The van der Waals surface area contributed by atoms with Crippen molar-refractivity contribution in [2.75, 3.05) is 55.4 Å². The number of likely N-dealkylation sites (N-methyl/N-ethyl adjacent to an activating group) is 1. The molecule has 8 nitrogen and oxygen atoms in total. The third-order valence-electron chi connectivity index (χ3n) is 3.67. The molecule has 1 fully saturated rings.